The molecule has 1 aromatic heterocycles. The summed E-state index contributed by atoms with van der Waals surface area (Å²) in [6.45, 7) is 12.8. The molecule has 2 rings (SSSR count). The SMILES string of the molecule is Cc1[nH]ncc1CNC1CC(OCC(C)C)C1(C)C. The standard InChI is InChI=1S/C15H27N3O/c1-10(2)9-19-14-6-13(15(14,4)5)16-7-12-8-17-18-11(12)3/h8,10,13-14,16H,6-7,9H2,1-5H3,(H,17,18). The lowest BCUT2D eigenvalue weighted by Crippen LogP contribution is -2.60. The molecule has 0 aliphatic heterocycles. The molecule has 0 aromatic carbocycles. The van der Waals surface area contributed by atoms with Crippen LogP contribution in [0.4, 0.5) is 0 Å². The Labute approximate surface area is 116 Å². The van der Waals surface area contributed by atoms with Gasteiger partial charge in [0.25, 0.3) is 0 Å². The first-order valence-electron chi connectivity index (χ1n) is 7.25. The summed E-state index contributed by atoms with van der Waals surface area (Å²) < 4.78 is 5.99. The number of hydrogen-bond donors (Lipinski definition) is 2. The molecule has 4 nitrogen and oxygen atoms in total. The van der Waals surface area contributed by atoms with Gasteiger partial charge in [-0.25, -0.2) is 0 Å². The molecule has 0 amide bonds. The topological polar surface area (TPSA) is 49.9 Å². The molecule has 2 atom stereocenters. The van der Waals surface area contributed by atoms with Gasteiger partial charge in [0.1, 0.15) is 0 Å². The van der Waals surface area contributed by atoms with Gasteiger partial charge in [-0.2, -0.15) is 5.10 Å². The van der Waals surface area contributed by atoms with E-state index in [0.717, 1.165) is 25.3 Å². The third-order valence-electron chi connectivity index (χ3n) is 4.28. The maximum absolute atomic E-state index is 5.99. The Morgan fingerprint density at radius 1 is 1.53 bits per heavy atom. The summed E-state index contributed by atoms with van der Waals surface area (Å²) in [6, 6.07) is 0.527. The van der Waals surface area contributed by atoms with Crippen molar-refractivity contribution in [1.82, 2.24) is 15.5 Å². The number of aromatic amines is 1. The predicted octanol–water partition coefficient (Wildman–Crippen LogP) is 2.65. The van der Waals surface area contributed by atoms with Crippen molar-refractivity contribution in [1.29, 1.82) is 0 Å². The maximum atomic E-state index is 5.99. The number of aryl methyl sites for hydroxylation is 1. The molecule has 0 saturated heterocycles. The molecule has 0 radical (unpaired) electrons. The lowest BCUT2D eigenvalue weighted by molar-refractivity contribution is -0.124. The summed E-state index contributed by atoms with van der Waals surface area (Å²) in [7, 11) is 0. The van der Waals surface area contributed by atoms with Gasteiger partial charge in [0.2, 0.25) is 0 Å². The largest absolute Gasteiger partial charge is 0.377 e. The van der Waals surface area contributed by atoms with Crippen molar-refractivity contribution in [2.75, 3.05) is 6.61 Å². The van der Waals surface area contributed by atoms with E-state index in [-0.39, 0.29) is 5.41 Å². The third kappa shape index (κ3) is 3.18. The van der Waals surface area contributed by atoms with E-state index in [1.807, 2.05) is 6.20 Å². The van der Waals surface area contributed by atoms with Crippen LogP contribution < -0.4 is 5.32 Å². The fourth-order valence-electron chi connectivity index (χ4n) is 2.61. The average Bonchev–Trinajstić information content (AvgIpc) is 2.72. The van der Waals surface area contributed by atoms with E-state index in [4.69, 9.17) is 4.74 Å². The minimum absolute atomic E-state index is 0.215. The van der Waals surface area contributed by atoms with Gasteiger partial charge in [0.05, 0.1) is 12.3 Å². The molecule has 2 N–H and O–H groups in total. The van der Waals surface area contributed by atoms with Crippen molar-refractivity contribution in [3.05, 3.63) is 17.5 Å². The molecule has 1 saturated carbocycles. The second-order valence-corrected chi connectivity index (χ2v) is 6.73. The van der Waals surface area contributed by atoms with Gasteiger partial charge in [-0.15, -0.1) is 0 Å². The summed E-state index contributed by atoms with van der Waals surface area (Å²) in [5, 5.41) is 10.7. The van der Waals surface area contributed by atoms with Gasteiger partial charge in [-0.3, -0.25) is 5.10 Å². The minimum atomic E-state index is 0.215. The zero-order chi connectivity index (χ0) is 14.0. The van der Waals surface area contributed by atoms with Crippen molar-refractivity contribution in [2.45, 2.75) is 59.7 Å². The van der Waals surface area contributed by atoms with Crippen LogP contribution in [0.3, 0.4) is 0 Å². The first kappa shape index (κ1) is 14.5. The Morgan fingerprint density at radius 2 is 2.26 bits per heavy atom. The number of hydrogen-bond acceptors (Lipinski definition) is 3. The summed E-state index contributed by atoms with van der Waals surface area (Å²) in [5.74, 6) is 0.608. The number of nitrogens with zero attached hydrogens (tertiary/aromatic N) is 1. The molecule has 1 aliphatic rings. The number of nitrogens with one attached hydrogen (secondary N) is 2. The third-order valence-corrected chi connectivity index (χ3v) is 4.28. The van der Waals surface area contributed by atoms with Crippen molar-refractivity contribution >= 4 is 0 Å². The highest BCUT2D eigenvalue weighted by Crippen LogP contribution is 2.43. The van der Waals surface area contributed by atoms with Crippen LogP contribution in [0.25, 0.3) is 0 Å². The van der Waals surface area contributed by atoms with Gasteiger partial charge < -0.3 is 10.1 Å². The van der Waals surface area contributed by atoms with E-state index in [2.05, 4.69) is 50.1 Å². The van der Waals surface area contributed by atoms with Crippen LogP contribution in [0, 0.1) is 18.3 Å². The smallest absolute Gasteiger partial charge is 0.0656 e. The van der Waals surface area contributed by atoms with E-state index in [1.54, 1.807) is 0 Å². The van der Waals surface area contributed by atoms with Crippen molar-refractivity contribution in [3.8, 4) is 0 Å². The fraction of sp³-hybridized carbons (Fsp3) is 0.800. The van der Waals surface area contributed by atoms with E-state index >= 15 is 0 Å². The summed E-state index contributed by atoms with van der Waals surface area (Å²) >= 11 is 0. The molecular weight excluding hydrogens is 238 g/mol. The quantitative estimate of drug-likeness (QED) is 0.831. The highest BCUT2D eigenvalue weighted by molar-refractivity contribution is 5.15. The second-order valence-electron chi connectivity index (χ2n) is 6.73. The molecule has 1 fully saturated rings. The molecule has 0 spiro atoms. The molecular formula is C15H27N3O. The van der Waals surface area contributed by atoms with Crippen LogP contribution >= 0.6 is 0 Å². The van der Waals surface area contributed by atoms with Gasteiger partial charge in [0, 0.05) is 35.9 Å². The predicted molar refractivity (Wildman–Crippen MR) is 76.9 cm³/mol. The van der Waals surface area contributed by atoms with Crippen LogP contribution in [0.15, 0.2) is 6.20 Å². The first-order chi connectivity index (χ1) is 8.91. The first-order valence-corrected chi connectivity index (χ1v) is 7.25. The lowest BCUT2D eigenvalue weighted by atomic mass is 9.64. The minimum Gasteiger partial charge on any atom is -0.377 e. The van der Waals surface area contributed by atoms with E-state index in [1.165, 1.54) is 5.56 Å². The van der Waals surface area contributed by atoms with Gasteiger partial charge in [-0.1, -0.05) is 27.7 Å². The number of rotatable bonds is 6. The molecule has 1 aromatic rings. The summed E-state index contributed by atoms with van der Waals surface area (Å²) in [4.78, 5) is 0. The lowest BCUT2D eigenvalue weighted by Gasteiger charge is -2.52. The highest BCUT2D eigenvalue weighted by Gasteiger charge is 2.48. The Hall–Kier alpha value is -0.870. The van der Waals surface area contributed by atoms with Crippen LogP contribution in [0.2, 0.25) is 0 Å². The average molecular weight is 265 g/mol. The Balaban J connectivity index is 1.79. The van der Waals surface area contributed by atoms with E-state index in [0.29, 0.717) is 18.1 Å². The maximum Gasteiger partial charge on any atom is 0.0656 e. The van der Waals surface area contributed by atoms with Crippen LogP contribution in [-0.4, -0.2) is 29.0 Å². The molecule has 4 heteroatoms. The summed E-state index contributed by atoms with van der Waals surface area (Å²) in [5.41, 5.74) is 2.62. The summed E-state index contributed by atoms with van der Waals surface area (Å²) in [6.07, 6.45) is 3.40. The zero-order valence-electron chi connectivity index (χ0n) is 12.8. The molecule has 1 heterocycles. The van der Waals surface area contributed by atoms with Crippen molar-refractivity contribution < 1.29 is 4.74 Å². The molecule has 1 aliphatic carbocycles. The van der Waals surface area contributed by atoms with Crippen molar-refractivity contribution in [2.24, 2.45) is 11.3 Å². The molecule has 19 heavy (non-hydrogen) atoms. The number of aromatic nitrogens is 2. The second kappa shape index (κ2) is 5.63. The molecule has 0 bridgehead atoms. The Kier molecular flexibility index (Phi) is 4.31. The molecule has 108 valence electrons. The Morgan fingerprint density at radius 3 is 2.79 bits per heavy atom. The van der Waals surface area contributed by atoms with E-state index < -0.39 is 0 Å². The van der Waals surface area contributed by atoms with Crippen molar-refractivity contribution in [3.63, 3.8) is 0 Å². The van der Waals surface area contributed by atoms with Crippen LogP contribution in [0.1, 0.15) is 45.4 Å². The Bertz CT molecular complexity index is 411. The van der Waals surface area contributed by atoms with Crippen LogP contribution in [-0.2, 0) is 11.3 Å². The zero-order valence-corrected chi connectivity index (χ0v) is 12.8. The highest BCUT2D eigenvalue weighted by atomic mass is 16.5. The number of H-pyrrole nitrogens is 1. The van der Waals surface area contributed by atoms with Gasteiger partial charge >= 0.3 is 0 Å². The molecule has 2 unspecified atom stereocenters. The monoisotopic (exact) mass is 265 g/mol. The number of ether oxygens (including phenoxy) is 1. The fourth-order valence-corrected chi connectivity index (χ4v) is 2.61. The van der Waals surface area contributed by atoms with Crippen LogP contribution in [0.5, 0.6) is 0 Å². The van der Waals surface area contributed by atoms with Gasteiger partial charge in [0.15, 0.2) is 0 Å². The van der Waals surface area contributed by atoms with Gasteiger partial charge in [-0.05, 0) is 19.3 Å². The van der Waals surface area contributed by atoms with E-state index in [9.17, 15) is 0 Å². The normalized spacial score (nSPS) is 25.6.